The minimum absolute atomic E-state index is 0.197. The summed E-state index contributed by atoms with van der Waals surface area (Å²) in [6, 6.07) is 5.68. The molecule has 0 bridgehead atoms. The molecule has 2 aromatic rings. The standard InChI is InChI=1S/C13H16INO3/c1-13(2,3)17-7-6-15-10-8-9(14)4-5-11(10)18-12(15)16/h4-5,8H,6-7H2,1-3H3. The monoisotopic (exact) mass is 361 g/mol. The Morgan fingerprint density at radius 3 is 2.78 bits per heavy atom. The number of nitrogens with zero attached hydrogens (tertiary/aromatic N) is 1. The van der Waals surface area contributed by atoms with Crippen molar-refractivity contribution in [1.29, 1.82) is 0 Å². The predicted molar refractivity (Wildman–Crippen MR) is 78.9 cm³/mol. The maximum Gasteiger partial charge on any atom is 0.420 e. The smallest absolute Gasteiger partial charge is 0.408 e. The Hall–Kier alpha value is -0.820. The summed E-state index contributed by atoms with van der Waals surface area (Å²) in [6.07, 6.45) is 0. The van der Waals surface area contributed by atoms with Gasteiger partial charge in [-0.05, 0) is 61.6 Å². The van der Waals surface area contributed by atoms with Gasteiger partial charge in [0.2, 0.25) is 0 Å². The van der Waals surface area contributed by atoms with Crippen LogP contribution in [-0.4, -0.2) is 16.8 Å². The third-order valence-corrected chi connectivity index (χ3v) is 3.15. The molecule has 0 saturated heterocycles. The van der Waals surface area contributed by atoms with Crippen LogP contribution in [0, 0.1) is 3.57 Å². The summed E-state index contributed by atoms with van der Waals surface area (Å²) in [4.78, 5) is 11.7. The summed E-state index contributed by atoms with van der Waals surface area (Å²) in [5.41, 5.74) is 1.25. The number of rotatable bonds is 3. The van der Waals surface area contributed by atoms with Gasteiger partial charge in [0.15, 0.2) is 5.58 Å². The van der Waals surface area contributed by atoms with Crippen LogP contribution in [-0.2, 0) is 11.3 Å². The van der Waals surface area contributed by atoms with E-state index in [2.05, 4.69) is 22.6 Å². The number of ether oxygens (including phenoxy) is 1. The fraction of sp³-hybridized carbons (Fsp3) is 0.462. The highest BCUT2D eigenvalue weighted by Gasteiger charge is 2.12. The number of hydrogen-bond donors (Lipinski definition) is 0. The van der Waals surface area contributed by atoms with E-state index in [9.17, 15) is 4.79 Å². The summed E-state index contributed by atoms with van der Waals surface area (Å²) < 4.78 is 13.5. The third kappa shape index (κ3) is 3.14. The number of oxazole rings is 1. The fourth-order valence-corrected chi connectivity index (χ4v) is 2.16. The van der Waals surface area contributed by atoms with Gasteiger partial charge in [0, 0.05) is 3.57 Å². The minimum Gasteiger partial charge on any atom is -0.408 e. The molecular formula is C13H16INO3. The van der Waals surface area contributed by atoms with Crippen molar-refractivity contribution in [2.45, 2.75) is 32.9 Å². The molecule has 0 aliphatic rings. The molecule has 1 aromatic heterocycles. The second kappa shape index (κ2) is 5.05. The van der Waals surface area contributed by atoms with Gasteiger partial charge in [-0.25, -0.2) is 4.79 Å². The summed E-state index contributed by atoms with van der Waals surface area (Å²) in [5, 5.41) is 0. The largest absolute Gasteiger partial charge is 0.420 e. The minimum atomic E-state index is -0.329. The average Bonchev–Trinajstić information content (AvgIpc) is 2.54. The van der Waals surface area contributed by atoms with Gasteiger partial charge in [-0.15, -0.1) is 0 Å². The molecule has 0 spiro atoms. The molecule has 0 fully saturated rings. The molecule has 0 amide bonds. The highest BCUT2D eigenvalue weighted by Crippen LogP contribution is 2.16. The Kier molecular flexibility index (Phi) is 3.82. The molecule has 98 valence electrons. The first-order valence-corrected chi connectivity index (χ1v) is 6.87. The van der Waals surface area contributed by atoms with E-state index in [0.29, 0.717) is 18.7 Å². The SMILES string of the molecule is CC(C)(C)OCCn1c(=O)oc2ccc(I)cc21. The van der Waals surface area contributed by atoms with E-state index >= 15 is 0 Å². The summed E-state index contributed by atoms with van der Waals surface area (Å²) in [5.74, 6) is -0.329. The summed E-state index contributed by atoms with van der Waals surface area (Å²) >= 11 is 2.22. The highest BCUT2D eigenvalue weighted by molar-refractivity contribution is 14.1. The van der Waals surface area contributed by atoms with E-state index in [1.165, 1.54) is 0 Å². The average molecular weight is 361 g/mol. The molecular weight excluding hydrogens is 345 g/mol. The van der Waals surface area contributed by atoms with Crippen LogP contribution >= 0.6 is 22.6 Å². The first kappa shape index (κ1) is 13.6. The van der Waals surface area contributed by atoms with Crippen molar-refractivity contribution in [3.8, 4) is 0 Å². The lowest BCUT2D eigenvalue weighted by molar-refractivity contribution is -0.00704. The van der Waals surface area contributed by atoms with Crippen molar-refractivity contribution in [1.82, 2.24) is 4.57 Å². The van der Waals surface area contributed by atoms with E-state index in [4.69, 9.17) is 9.15 Å². The van der Waals surface area contributed by atoms with Crippen molar-refractivity contribution in [3.05, 3.63) is 32.3 Å². The maximum atomic E-state index is 11.7. The van der Waals surface area contributed by atoms with Gasteiger partial charge in [-0.1, -0.05) is 0 Å². The molecule has 0 radical (unpaired) electrons. The molecule has 1 heterocycles. The molecule has 0 saturated carbocycles. The van der Waals surface area contributed by atoms with Crippen molar-refractivity contribution in [2.75, 3.05) is 6.61 Å². The van der Waals surface area contributed by atoms with E-state index in [-0.39, 0.29) is 11.4 Å². The Bertz CT molecular complexity index is 607. The van der Waals surface area contributed by atoms with E-state index in [1.54, 1.807) is 4.57 Å². The van der Waals surface area contributed by atoms with Crippen LogP contribution in [0.25, 0.3) is 11.1 Å². The molecule has 18 heavy (non-hydrogen) atoms. The van der Waals surface area contributed by atoms with Gasteiger partial charge in [-0.2, -0.15) is 0 Å². The lowest BCUT2D eigenvalue weighted by Gasteiger charge is -2.19. The molecule has 5 heteroatoms. The Morgan fingerprint density at radius 2 is 2.11 bits per heavy atom. The second-order valence-corrected chi connectivity index (χ2v) is 6.34. The van der Waals surface area contributed by atoms with Gasteiger partial charge < -0.3 is 9.15 Å². The number of benzene rings is 1. The molecule has 4 nitrogen and oxygen atoms in total. The summed E-state index contributed by atoms with van der Waals surface area (Å²) in [6.45, 7) is 6.97. The van der Waals surface area contributed by atoms with E-state index in [1.807, 2.05) is 39.0 Å². The number of hydrogen-bond acceptors (Lipinski definition) is 3. The molecule has 1 aromatic carbocycles. The van der Waals surface area contributed by atoms with Crippen molar-refractivity contribution in [2.24, 2.45) is 0 Å². The van der Waals surface area contributed by atoms with E-state index in [0.717, 1.165) is 9.09 Å². The van der Waals surface area contributed by atoms with Crippen LogP contribution in [0.5, 0.6) is 0 Å². The zero-order chi connectivity index (χ0) is 13.3. The quantitative estimate of drug-likeness (QED) is 0.790. The van der Waals surface area contributed by atoms with E-state index < -0.39 is 0 Å². The maximum absolute atomic E-state index is 11.7. The Balaban J connectivity index is 2.25. The van der Waals surface area contributed by atoms with Crippen molar-refractivity contribution >= 4 is 33.7 Å². The number of halogens is 1. The van der Waals surface area contributed by atoms with Crippen LogP contribution in [0.3, 0.4) is 0 Å². The van der Waals surface area contributed by atoms with Gasteiger partial charge in [0.1, 0.15) is 0 Å². The molecule has 0 unspecified atom stereocenters. The first-order chi connectivity index (χ1) is 8.37. The van der Waals surface area contributed by atoms with Gasteiger partial charge >= 0.3 is 5.76 Å². The van der Waals surface area contributed by atoms with Crippen LogP contribution in [0.15, 0.2) is 27.4 Å². The molecule has 0 N–H and O–H groups in total. The van der Waals surface area contributed by atoms with Crippen LogP contribution in [0.2, 0.25) is 0 Å². The number of fused-ring (bicyclic) bond motifs is 1. The Morgan fingerprint density at radius 1 is 1.39 bits per heavy atom. The Labute approximate surface area is 119 Å². The van der Waals surface area contributed by atoms with Gasteiger partial charge in [-0.3, -0.25) is 4.57 Å². The molecule has 0 aliphatic carbocycles. The normalized spacial score (nSPS) is 12.2. The zero-order valence-electron chi connectivity index (χ0n) is 10.7. The van der Waals surface area contributed by atoms with Crippen LogP contribution < -0.4 is 5.76 Å². The topological polar surface area (TPSA) is 44.4 Å². The van der Waals surface area contributed by atoms with Crippen molar-refractivity contribution in [3.63, 3.8) is 0 Å². The molecule has 0 atom stereocenters. The second-order valence-electron chi connectivity index (χ2n) is 5.09. The third-order valence-electron chi connectivity index (χ3n) is 2.48. The van der Waals surface area contributed by atoms with Crippen LogP contribution in [0.4, 0.5) is 0 Å². The fourth-order valence-electron chi connectivity index (χ4n) is 1.69. The molecule has 2 rings (SSSR count). The van der Waals surface area contributed by atoms with Gasteiger partial charge in [0.05, 0.1) is 24.3 Å². The molecule has 0 aliphatic heterocycles. The highest BCUT2D eigenvalue weighted by atomic mass is 127. The lowest BCUT2D eigenvalue weighted by Crippen LogP contribution is -2.24. The number of aromatic nitrogens is 1. The van der Waals surface area contributed by atoms with Crippen LogP contribution in [0.1, 0.15) is 20.8 Å². The van der Waals surface area contributed by atoms with Gasteiger partial charge in [0.25, 0.3) is 0 Å². The van der Waals surface area contributed by atoms with Crippen molar-refractivity contribution < 1.29 is 9.15 Å². The first-order valence-electron chi connectivity index (χ1n) is 5.80. The lowest BCUT2D eigenvalue weighted by atomic mass is 10.2. The zero-order valence-corrected chi connectivity index (χ0v) is 12.9. The predicted octanol–water partition coefficient (Wildman–Crippen LogP) is 3.01. The summed E-state index contributed by atoms with van der Waals surface area (Å²) in [7, 11) is 0.